The van der Waals surface area contributed by atoms with Crippen LogP contribution >= 0.6 is 7.60 Å². The summed E-state index contributed by atoms with van der Waals surface area (Å²) in [5, 5.41) is 15.1. The maximum atomic E-state index is 10.4. The van der Waals surface area contributed by atoms with E-state index < -0.39 is 32.4 Å². The number of hydrogen-bond donors (Lipinski definition) is 5. The van der Waals surface area contributed by atoms with Crippen molar-refractivity contribution < 1.29 is 29.7 Å². The molecule has 0 aromatic rings. The number of carboxylic acids is 1. The summed E-state index contributed by atoms with van der Waals surface area (Å²) >= 11 is 0. The summed E-state index contributed by atoms with van der Waals surface area (Å²) in [5.74, 6) is -2.01. The van der Waals surface area contributed by atoms with E-state index in [1.807, 2.05) is 0 Å². The van der Waals surface area contributed by atoms with Crippen molar-refractivity contribution in [2.75, 3.05) is 12.8 Å². The number of nitrogens with one attached hydrogen (secondary N) is 1. The monoisotopic (exact) mass is 275 g/mol. The van der Waals surface area contributed by atoms with Crippen molar-refractivity contribution >= 4 is 78.6 Å². The van der Waals surface area contributed by atoms with Gasteiger partial charge in [0, 0.05) is 59.1 Å². The molecule has 2 radical (unpaired) electrons. The molecule has 0 aliphatic carbocycles. The Morgan fingerprint density at radius 3 is 1.94 bits per heavy atom. The van der Waals surface area contributed by atoms with Gasteiger partial charge in [-0.15, -0.1) is 0 Å². The average molecular weight is 275 g/mol. The van der Waals surface area contributed by atoms with Gasteiger partial charge in [0.15, 0.2) is 5.96 Å². The van der Waals surface area contributed by atoms with Crippen molar-refractivity contribution in [1.82, 2.24) is 4.90 Å². The fraction of sp³-hybridized carbons (Fsp3) is 0.500. The zero-order valence-corrected chi connectivity index (χ0v) is 13.9. The molecule has 0 saturated carbocycles. The molecule has 0 aromatic carbocycles. The van der Waals surface area contributed by atoms with Crippen LogP contribution in [0.4, 0.5) is 0 Å². The molecule has 0 atom stereocenters. The zero-order valence-electron chi connectivity index (χ0n) is 9.04. The van der Waals surface area contributed by atoms with Gasteiger partial charge < -0.3 is 31.0 Å². The minimum Gasteiger partial charge on any atom is -0.480 e. The molecule has 86 valence electrons. The third kappa shape index (κ3) is 14.9. The number of aliphatic carboxylic acids is 1. The Morgan fingerprint density at radius 1 is 1.38 bits per heavy atom. The minimum atomic E-state index is -4.39. The van der Waals surface area contributed by atoms with Crippen molar-refractivity contribution in [3.05, 3.63) is 0 Å². The van der Waals surface area contributed by atoms with Crippen molar-refractivity contribution in [3.63, 3.8) is 0 Å². The molecule has 0 aromatic heterocycles. The third-order valence-electron chi connectivity index (χ3n) is 1.02. The molecule has 0 heterocycles. The van der Waals surface area contributed by atoms with Crippen molar-refractivity contribution in [1.29, 1.82) is 5.41 Å². The summed E-state index contributed by atoms with van der Waals surface area (Å²) in [6.45, 7) is -0.708. The van der Waals surface area contributed by atoms with Gasteiger partial charge >= 0.3 is 13.6 Å². The Kier molecular flexibility index (Phi) is 17.6. The second-order valence-corrected chi connectivity index (χ2v) is 3.90. The van der Waals surface area contributed by atoms with Crippen LogP contribution in [0.2, 0.25) is 0 Å². The van der Waals surface area contributed by atoms with E-state index in [-0.39, 0.29) is 64.6 Å². The van der Waals surface area contributed by atoms with Crippen LogP contribution in [0.25, 0.3) is 0 Å². The standard InChI is InChI=1S/C4H10N3O5P.2Na.H2O/c5-4(6)7(1-3(8)9)2-13(10,11)12;;;/h1-2H2,(H3,5,6)(H,8,9)(H2,10,11,12);;;1H2. The minimum absolute atomic E-state index is 0. The maximum absolute atomic E-state index is 10.4. The van der Waals surface area contributed by atoms with Gasteiger partial charge in [-0.25, -0.2) is 0 Å². The van der Waals surface area contributed by atoms with E-state index in [2.05, 4.69) is 0 Å². The van der Waals surface area contributed by atoms with Crippen molar-refractivity contribution in [3.8, 4) is 0 Å². The predicted octanol–water partition coefficient (Wildman–Crippen LogP) is -3.18. The Bertz CT molecular complexity index is 270. The smallest absolute Gasteiger partial charge is 0.344 e. The second kappa shape index (κ2) is 11.0. The first-order valence-electron chi connectivity index (χ1n) is 3.07. The van der Waals surface area contributed by atoms with Crippen LogP contribution in [0.1, 0.15) is 0 Å². The van der Waals surface area contributed by atoms with Crippen LogP contribution in [-0.4, -0.2) is 109 Å². The summed E-state index contributed by atoms with van der Waals surface area (Å²) in [4.78, 5) is 27.7. The maximum Gasteiger partial charge on any atom is 0.344 e. The van der Waals surface area contributed by atoms with Gasteiger partial charge in [-0.2, -0.15) is 0 Å². The fourth-order valence-electron chi connectivity index (χ4n) is 0.597. The molecule has 12 heteroatoms. The summed E-state index contributed by atoms with van der Waals surface area (Å²) in [6, 6.07) is 0. The van der Waals surface area contributed by atoms with Gasteiger partial charge in [0.1, 0.15) is 12.8 Å². The Labute approximate surface area is 136 Å². The molecule has 0 fully saturated rings. The Hall–Kier alpha value is 0.850. The predicted molar refractivity (Wildman–Crippen MR) is 58.3 cm³/mol. The van der Waals surface area contributed by atoms with E-state index in [1.54, 1.807) is 0 Å². The van der Waals surface area contributed by atoms with E-state index in [9.17, 15) is 9.36 Å². The van der Waals surface area contributed by atoms with Crippen LogP contribution in [0.15, 0.2) is 0 Å². The van der Waals surface area contributed by atoms with E-state index in [0.29, 0.717) is 4.90 Å². The number of hydrogen-bond acceptors (Lipinski definition) is 3. The SMILES string of the molecule is N=C(N)N(CC(=O)O)CP(=O)(O)O.O.[Na].[Na]. The van der Waals surface area contributed by atoms with Gasteiger partial charge in [0.05, 0.1) is 0 Å². The number of carbonyl (C=O) groups is 1. The Balaban J connectivity index is -0.000000240. The second-order valence-electron chi connectivity index (χ2n) is 2.28. The summed E-state index contributed by atoms with van der Waals surface area (Å²) in [6.07, 6.45) is -0.866. The van der Waals surface area contributed by atoms with Crippen LogP contribution in [0.3, 0.4) is 0 Å². The first-order valence-corrected chi connectivity index (χ1v) is 4.87. The summed E-state index contributed by atoms with van der Waals surface area (Å²) in [5.41, 5.74) is 4.89. The van der Waals surface area contributed by atoms with Crippen LogP contribution < -0.4 is 5.73 Å². The van der Waals surface area contributed by atoms with E-state index in [1.165, 1.54) is 0 Å². The molecule has 16 heavy (non-hydrogen) atoms. The molecule has 0 unspecified atom stereocenters. The third-order valence-corrected chi connectivity index (χ3v) is 1.73. The van der Waals surface area contributed by atoms with Gasteiger partial charge in [-0.1, -0.05) is 0 Å². The number of carboxylic acid groups (broad SMARTS) is 1. The molecule has 0 bridgehead atoms. The molecular weight excluding hydrogens is 263 g/mol. The normalized spacial score (nSPS) is 8.88. The first-order chi connectivity index (χ1) is 5.72. The fourth-order valence-corrected chi connectivity index (χ4v) is 1.29. The number of guanidine groups is 1. The molecule has 0 aliphatic rings. The molecule has 0 aliphatic heterocycles. The largest absolute Gasteiger partial charge is 0.480 e. The van der Waals surface area contributed by atoms with Crippen molar-refractivity contribution in [2.45, 2.75) is 0 Å². The number of nitrogens with two attached hydrogens (primary N) is 1. The van der Waals surface area contributed by atoms with E-state index in [0.717, 1.165) is 0 Å². The molecule has 0 rings (SSSR count). The molecular formula is C4H12N3Na2O6P. The van der Waals surface area contributed by atoms with Gasteiger partial charge in [0.25, 0.3) is 0 Å². The average Bonchev–Trinajstić information content (AvgIpc) is 1.81. The number of rotatable bonds is 4. The van der Waals surface area contributed by atoms with E-state index in [4.69, 9.17) is 26.0 Å². The van der Waals surface area contributed by atoms with Crippen LogP contribution in [0, 0.1) is 5.41 Å². The summed E-state index contributed by atoms with van der Waals surface area (Å²) in [7, 11) is -4.39. The van der Waals surface area contributed by atoms with Crippen LogP contribution in [0.5, 0.6) is 0 Å². The van der Waals surface area contributed by atoms with Crippen molar-refractivity contribution in [2.24, 2.45) is 5.73 Å². The molecule has 9 nitrogen and oxygen atoms in total. The molecule has 0 spiro atoms. The zero-order chi connectivity index (χ0) is 10.6. The van der Waals surface area contributed by atoms with Crippen LogP contribution in [-0.2, 0) is 9.36 Å². The quantitative estimate of drug-likeness (QED) is 0.155. The van der Waals surface area contributed by atoms with Gasteiger partial charge in [-0.05, 0) is 0 Å². The van der Waals surface area contributed by atoms with Gasteiger partial charge in [-0.3, -0.25) is 14.8 Å². The molecule has 0 amide bonds. The molecule has 8 N–H and O–H groups in total. The van der Waals surface area contributed by atoms with Gasteiger partial charge in [0.2, 0.25) is 0 Å². The molecule has 0 saturated heterocycles. The topological polar surface area (TPSA) is 179 Å². The number of nitrogens with zero attached hydrogens (tertiary/aromatic N) is 1. The Morgan fingerprint density at radius 2 is 1.75 bits per heavy atom. The van der Waals surface area contributed by atoms with E-state index >= 15 is 0 Å². The summed E-state index contributed by atoms with van der Waals surface area (Å²) < 4.78 is 10.4. The first kappa shape index (κ1) is 25.6.